The number of hydrogen-bond acceptors (Lipinski definition) is 2. The molecule has 0 bridgehead atoms. The van der Waals surface area contributed by atoms with Gasteiger partial charge in [0.1, 0.15) is 11.6 Å². The van der Waals surface area contributed by atoms with Crippen LogP contribution in [0.4, 0.5) is 4.39 Å². The summed E-state index contributed by atoms with van der Waals surface area (Å²) in [6.45, 7) is 7.65. The molecule has 2 aromatic rings. The molecule has 0 saturated carbocycles. The fourth-order valence-electron chi connectivity index (χ4n) is 1.83. The molecule has 2 rings (SSSR count). The van der Waals surface area contributed by atoms with Gasteiger partial charge in [-0.15, -0.1) is 0 Å². The van der Waals surface area contributed by atoms with Gasteiger partial charge in [0, 0.05) is 24.5 Å². The zero-order valence-electron chi connectivity index (χ0n) is 12.0. The minimum Gasteiger partial charge on any atom is -0.329 e. The molecule has 3 nitrogen and oxygen atoms in total. The van der Waals surface area contributed by atoms with E-state index in [0.29, 0.717) is 13.1 Å². The molecule has 0 aliphatic rings. The number of benzene rings is 1. The number of rotatable bonds is 4. The molecule has 0 aliphatic heterocycles. The van der Waals surface area contributed by atoms with Crippen molar-refractivity contribution in [2.75, 3.05) is 0 Å². The molecule has 1 aromatic heterocycles. The highest BCUT2D eigenvalue weighted by Crippen LogP contribution is 2.17. The first kappa shape index (κ1) is 15.0. The van der Waals surface area contributed by atoms with E-state index < -0.39 is 5.82 Å². The molecule has 1 N–H and O–H groups in total. The predicted molar refractivity (Wildman–Crippen MR) is 79.3 cm³/mol. The first-order chi connectivity index (χ1) is 9.35. The van der Waals surface area contributed by atoms with Crippen LogP contribution in [0.15, 0.2) is 30.6 Å². The van der Waals surface area contributed by atoms with Gasteiger partial charge in [0.2, 0.25) is 0 Å². The molecule has 0 amide bonds. The van der Waals surface area contributed by atoms with Gasteiger partial charge in [-0.2, -0.15) is 0 Å². The van der Waals surface area contributed by atoms with Crippen molar-refractivity contribution in [3.8, 4) is 0 Å². The SMILES string of the molecule is CC(C)(C)NCc1nccn1Cc1ccc(F)c(Cl)c1. The van der Waals surface area contributed by atoms with E-state index in [4.69, 9.17) is 11.6 Å². The maximum atomic E-state index is 13.1. The van der Waals surface area contributed by atoms with E-state index in [-0.39, 0.29) is 10.6 Å². The normalized spacial score (nSPS) is 11.8. The highest BCUT2D eigenvalue weighted by atomic mass is 35.5. The van der Waals surface area contributed by atoms with Gasteiger partial charge in [0.05, 0.1) is 11.6 Å². The van der Waals surface area contributed by atoms with Crippen LogP contribution in [0.1, 0.15) is 32.2 Å². The van der Waals surface area contributed by atoms with E-state index >= 15 is 0 Å². The van der Waals surface area contributed by atoms with Gasteiger partial charge in [-0.1, -0.05) is 17.7 Å². The number of nitrogens with zero attached hydrogens (tertiary/aromatic N) is 2. The third-order valence-corrected chi connectivity index (χ3v) is 3.21. The fraction of sp³-hybridized carbons (Fsp3) is 0.400. The molecule has 0 unspecified atom stereocenters. The molecule has 0 spiro atoms. The summed E-state index contributed by atoms with van der Waals surface area (Å²) in [6.07, 6.45) is 3.68. The van der Waals surface area contributed by atoms with E-state index in [1.807, 2.05) is 10.8 Å². The smallest absolute Gasteiger partial charge is 0.141 e. The Morgan fingerprint density at radius 1 is 1.35 bits per heavy atom. The van der Waals surface area contributed by atoms with Crippen LogP contribution in [0.3, 0.4) is 0 Å². The van der Waals surface area contributed by atoms with E-state index in [2.05, 4.69) is 31.1 Å². The molecule has 108 valence electrons. The van der Waals surface area contributed by atoms with Gasteiger partial charge in [-0.05, 0) is 38.5 Å². The van der Waals surface area contributed by atoms with Crippen molar-refractivity contribution in [2.45, 2.75) is 39.4 Å². The molecule has 1 aromatic carbocycles. The van der Waals surface area contributed by atoms with E-state index in [0.717, 1.165) is 11.4 Å². The third kappa shape index (κ3) is 4.05. The molecular formula is C15H19ClFN3. The van der Waals surface area contributed by atoms with Gasteiger partial charge < -0.3 is 9.88 Å². The molecule has 0 atom stereocenters. The summed E-state index contributed by atoms with van der Waals surface area (Å²) < 4.78 is 15.2. The molecule has 1 heterocycles. The van der Waals surface area contributed by atoms with E-state index in [9.17, 15) is 4.39 Å². The van der Waals surface area contributed by atoms with Crippen molar-refractivity contribution in [1.82, 2.24) is 14.9 Å². The van der Waals surface area contributed by atoms with Gasteiger partial charge >= 0.3 is 0 Å². The number of halogens is 2. The maximum absolute atomic E-state index is 13.1. The maximum Gasteiger partial charge on any atom is 0.141 e. The topological polar surface area (TPSA) is 29.9 Å². The first-order valence-electron chi connectivity index (χ1n) is 6.54. The quantitative estimate of drug-likeness (QED) is 0.934. The number of hydrogen-bond donors (Lipinski definition) is 1. The van der Waals surface area contributed by atoms with Gasteiger partial charge in [-0.25, -0.2) is 9.37 Å². The lowest BCUT2D eigenvalue weighted by Crippen LogP contribution is -2.36. The highest BCUT2D eigenvalue weighted by Gasteiger charge is 2.11. The second kappa shape index (κ2) is 5.94. The third-order valence-electron chi connectivity index (χ3n) is 2.92. The minimum absolute atomic E-state index is 0.0377. The molecular weight excluding hydrogens is 277 g/mol. The average molecular weight is 296 g/mol. The van der Waals surface area contributed by atoms with Crippen molar-refractivity contribution in [3.63, 3.8) is 0 Å². The van der Waals surface area contributed by atoms with Crippen LogP contribution in [-0.4, -0.2) is 15.1 Å². The van der Waals surface area contributed by atoms with Gasteiger partial charge in [-0.3, -0.25) is 0 Å². The van der Waals surface area contributed by atoms with Crippen LogP contribution in [0.2, 0.25) is 5.02 Å². The standard InChI is InChI=1S/C15H19ClFN3/c1-15(2,3)19-9-14-18-6-7-20(14)10-11-4-5-13(17)12(16)8-11/h4-8,19H,9-10H2,1-3H3. The number of imidazole rings is 1. The van der Waals surface area contributed by atoms with Gasteiger partial charge in [0.15, 0.2) is 0 Å². The largest absolute Gasteiger partial charge is 0.329 e. The zero-order chi connectivity index (χ0) is 14.8. The second-order valence-electron chi connectivity index (χ2n) is 5.82. The van der Waals surface area contributed by atoms with Gasteiger partial charge in [0.25, 0.3) is 0 Å². The number of nitrogens with one attached hydrogen (secondary N) is 1. The average Bonchev–Trinajstić information content (AvgIpc) is 2.78. The van der Waals surface area contributed by atoms with Crippen molar-refractivity contribution in [3.05, 3.63) is 52.8 Å². The Labute approximate surface area is 123 Å². The van der Waals surface area contributed by atoms with Crippen LogP contribution >= 0.6 is 11.6 Å². The molecule has 20 heavy (non-hydrogen) atoms. The Balaban J connectivity index is 2.10. The molecule has 0 aliphatic carbocycles. The monoisotopic (exact) mass is 295 g/mol. The van der Waals surface area contributed by atoms with Crippen molar-refractivity contribution >= 4 is 11.6 Å². The Morgan fingerprint density at radius 2 is 2.10 bits per heavy atom. The van der Waals surface area contributed by atoms with Crippen LogP contribution in [0, 0.1) is 5.82 Å². The fourth-order valence-corrected chi connectivity index (χ4v) is 2.03. The van der Waals surface area contributed by atoms with Crippen LogP contribution < -0.4 is 5.32 Å². The highest BCUT2D eigenvalue weighted by molar-refractivity contribution is 6.30. The van der Waals surface area contributed by atoms with Crippen molar-refractivity contribution in [1.29, 1.82) is 0 Å². The van der Waals surface area contributed by atoms with Crippen molar-refractivity contribution < 1.29 is 4.39 Å². The molecule has 0 saturated heterocycles. The lowest BCUT2D eigenvalue weighted by Gasteiger charge is -2.20. The molecule has 0 fully saturated rings. The van der Waals surface area contributed by atoms with Crippen LogP contribution in [0.25, 0.3) is 0 Å². The summed E-state index contributed by atoms with van der Waals surface area (Å²) in [5, 5.41) is 3.55. The minimum atomic E-state index is -0.393. The van der Waals surface area contributed by atoms with Crippen LogP contribution in [0.5, 0.6) is 0 Å². The van der Waals surface area contributed by atoms with E-state index in [1.165, 1.54) is 6.07 Å². The lowest BCUT2D eigenvalue weighted by atomic mass is 10.1. The molecule has 5 heteroatoms. The van der Waals surface area contributed by atoms with E-state index in [1.54, 1.807) is 18.3 Å². The Hall–Kier alpha value is -1.39. The summed E-state index contributed by atoms with van der Waals surface area (Å²) in [7, 11) is 0. The lowest BCUT2D eigenvalue weighted by molar-refractivity contribution is 0.413. The summed E-state index contributed by atoms with van der Waals surface area (Å²) in [5.74, 6) is 0.552. The first-order valence-corrected chi connectivity index (χ1v) is 6.92. The molecule has 0 radical (unpaired) electrons. The summed E-state index contributed by atoms with van der Waals surface area (Å²) in [4.78, 5) is 4.35. The number of aromatic nitrogens is 2. The summed E-state index contributed by atoms with van der Waals surface area (Å²) in [6, 6.07) is 4.78. The Morgan fingerprint density at radius 3 is 2.75 bits per heavy atom. The zero-order valence-corrected chi connectivity index (χ0v) is 12.7. The second-order valence-corrected chi connectivity index (χ2v) is 6.23. The summed E-state index contributed by atoms with van der Waals surface area (Å²) >= 11 is 5.80. The Bertz CT molecular complexity index is 587. The summed E-state index contributed by atoms with van der Waals surface area (Å²) in [5.41, 5.74) is 0.988. The predicted octanol–water partition coefficient (Wildman–Crippen LogP) is 3.61. The van der Waals surface area contributed by atoms with Crippen molar-refractivity contribution in [2.24, 2.45) is 0 Å². The Kier molecular flexibility index (Phi) is 4.45. The van der Waals surface area contributed by atoms with Crippen LogP contribution in [-0.2, 0) is 13.1 Å².